The van der Waals surface area contributed by atoms with Crippen molar-refractivity contribution in [3.05, 3.63) is 58.7 Å². The fourth-order valence-corrected chi connectivity index (χ4v) is 3.68. The van der Waals surface area contributed by atoms with Gasteiger partial charge in [-0.2, -0.15) is 0 Å². The Morgan fingerprint density at radius 1 is 1.24 bits per heavy atom. The van der Waals surface area contributed by atoms with Crippen LogP contribution in [0.1, 0.15) is 21.6 Å². The van der Waals surface area contributed by atoms with E-state index in [2.05, 4.69) is 17.1 Å². The third kappa shape index (κ3) is 1.76. The van der Waals surface area contributed by atoms with Crippen LogP contribution < -0.4 is 0 Å². The minimum absolute atomic E-state index is 0.0674. The van der Waals surface area contributed by atoms with Crippen molar-refractivity contribution in [1.29, 1.82) is 0 Å². The summed E-state index contributed by atoms with van der Waals surface area (Å²) in [4.78, 5) is 16.1. The van der Waals surface area contributed by atoms with Gasteiger partial charge in [0.2, 0.25) is 5.78 Å². The first-order chi connectivity index (χ1) is 10.1. The number of ketones is 1. The van der Waals surface area contributed by atoms with Gasteiger partial charge in [-0.15, -0.1) is 11.3 Å². The number of carbonyl (C=O) groups is 1. The molecule has 1 N–H and O–H groups in total. The van der Waals surface area contributed by atoms with Crippen molar-refractivity contribution in [3.63, 3.8) is 0 Å². The summed E-state index contributed by atoms with van der Waals surface area (Å²) < 4.78 is 3.12. The largest absolute Gasteiger partial charge is 0.360 e. The van der Waals surface area contributed by atoms with Crippen molar-refractivity contribution in [2.75, 3.05) is 0 Å². The summed E-state index contributed by atoms with van der Waals surface area (Å²) in [5, 5.41) is 3.04. The molecule has 21 heavy (non-hydrogen) atoms. The Balaban J connectivity index is 1.91. The number of hydrogen-bond acceptors (Lipinski definition) is 2. The van der Waals surface area contributed by atoms with E-state index in [0.29, 0.717) is 0 Å². The summed E-state index contributed by atoms with van der Waals surface area (Å²) in [6, 6.07) is 10.2. The molecule has 3 nitrogen and oxygen atoms in total. The summed E-state index contributed by atoms with van der Waals surface area (Å²) in [5.74, 6) is 0.0674. The van der Waals surface area contributed by atoms with Crippen LogP contribution in [0.2, 0.25) is 0 Å². The standard InChI is InChI=1S/C17H14N2OS/c1-10-3-4-13-11(7-10)12(9-18-13)17(20)15-8-16-14(19(15)2)5-6-21-16/h3-9,18H,1-2H3. The van der Waals surface area contributed by atoms with Crippen LogP contribution in [0.3, 0.4) is 0 Å². The second-order valence-corrected chi connectivity index (χ2v) is 6.29. The smallest absolute Gasteiger partial charge is 0.211 e. The van der Waals surface area contributed by atoms with Gasteiger partial charge in [-0.25, -0.2) is 0 Å². The van der Waals surface area contributed by atoms with Crippen molar-refractivity contribution >= 4 is 38.2 Å². The molecule has 0 aliphatic rings. The van der Waals surface area contributed by atoms with Crippen LogP contribution in [0.4, 0.5) is 0 Å². The molecule has 0 aliphatic carbocycles. The maximum Gasteiger partial charge on any atom is 0.211 e. The molecular weight excluding hydrogens is 280 g/mol. The highest BCUT2D eigenvalue weighted by Gasteiger charge is 2.19. The average Bonchev–Trinajstić information content (AvgIpc) is 3.14. The van der Waals surface area contributed by atoms with E-state index in [1.807, 2.05) is 48.3 Å². The van der Waals surface area contributed by atoms with E-state index in [1.165, 1.54) is 0 Å². The number of fused-ring (bicyclic) bond motifs is 2. The highest BCUT2D eigenvalue weighted by molar-refractivity contribution is 7.17. The van der Waals surface area contributed by atoms with Crippen LogP contribution in [0.15, 0.2) is 41.9 Å². The van der Waals surface area contributed by atoms with E-state index in [-0.39, 0.29) is 5.78 Å². The van der Waals surface area contributed by atoms with E-state index in [9.17, 15) is 4.79 Å². The lowest BCUT2D eigenvalue weighted by Crippen LogP contribution is -2.06. The highest BCUT2D eigenvalue weighted by Crippen LogP contribution is 2.28. The Kier molecular flexibility index (Phi) is 2.56. The van der Waals surface area contributed by atoms with Crippen molar-refractivity contribution in [2.24, 2.45) is 7.05 Å². The van der Waals surface area contributed by atoms with E-state index < -0.39 is 0 Å². The van der Waals surface area contributed by atoms with Crippen molar-refractivity contribution in [3.8, 4) is 0 Å². The molecule has 0 aliphatic heterocycles. The molecule has 0 unspecified atom stereocenters. The lowest BCUT2D eigenvalue weighted by molar-refractivity contribution is 0.103. The molecule has 0 atom stereocenters. The number of nitrogens with one attached hydrogen (secondary N) is 1. The molecule has 4 aromatic rings. The van der Waals surface area contributed by atoms with E-state index >= 15 is 0 Å². The summed E-state index contributed by atoms with van der Waals surface area (Å²) in [7, 11) is 1.95. The zero-order valence-corrected chi connectivity index (χ0v) is 12.6. The maximum atomic E-state index is 12.9. The number of aromatic nitrogens is 2. The van der Waals surface area contributed by atoms with E-state index in [0.717, 1.165) is 37.9 Å². The first-order valence-electron chi connectivity index (χ1n) is 6.80. The Labute approximate surface area is 125 Å². The van der Waals surface area contributed by atoms with Gasteiger partial charge in [0, 0.05) is 29.7 Å². The number of rotatable bonds is 2. The normalized spacial score (nSPS) is 11.5. The van der Waals surface area contributed by atoms with Gasteiger partial charge in [-0.05, 0) is 36.6 Å². The lowest BCUT2D eigenvalue weighted by atomic mass is 10.1. The minimum Gasteiger partial charge on any atom is -0.360 e. The number of nitrogens with zero attached hydrogens (tertiary/aromatic N) is 1. The van der Waals surface area contributed by atoms with Crippen molar-refractivity contribution in [1.82, 2.24) is 9.55 Å². The first kappa shape index (κ1) is 12.4. The van der Waals surface area contributed by atoms with Crippen LogP contribution in [-0.2, 0) is 7.05 Å². The molecule has 0 bridgehead atoms. The lowest BCUT2D eigenvalue weighted by Gasteiger charge is -2.03. The number of benzene rings is 1. The van der Waals surface area contributed by atoms with Crippen LogP contribution >= 0.6 is 11.3 Å². The summed E-state index contributed by atoms with van der Waals surface area (Å²) >= 11 is 1.66. The maximum absolute atomic E-state index is 12.9. The quantitative estimate of drug-likeness (QED) is 0.551. The molecule has 0 fully saturated rings. The van der Waals surface area contributed by atoms with Gasteiger partial charge in [-0.3, -0.25) is 4.79 Å². The number of aromatic amines is 1. The molecule has 104 valence electrons. The third-order valence-corrected chi connectivity index (χ3v) is 4.83. The molecule has 3 aromatic heterocycles. The summed E-state index contributed by atoms with van der Waals surface area (Å²) in [5.41, 5.74) is 4.74. The average molecular weight is 294 g/mol. The molecule has 3 heterocycles. The zero-order chi connectivity index (χ0) is 14.6. The van der Waals surface area contributed by atoms with Gasteiger partial charge in [0.1, 0.15) is 0 Å². The SMILES string of the molecule is Cc1ccc2[nH]cc(C(=O)c3cc4sccc4n3C)c2c1. The summed E-state index contributed by atoms with van der Waals surface area (Å²) in [6.45, 7) is 2.04. The topological polar surface area (TPSA) is 37.8 Å². The highest BCUT2D eigenvalue weighted by atomic mass is 32.1. The van der Waals surface area contributed by atoms with Gasteiger partial charge in [-0.1, -0.05) is 11.6 Å². The Bertz CT molecular complexity index is 987. The predicted octanol–water partition coefficient (Wildman–Crippen LogP) is 4.26. The van der Waals surface area contributed by atoms with Gasteiger partial charge in [0.15, 0.2) is 0 Å². The number of thiophene rings is 1. The molecule has 0 amide bonds. The second kappa shape index (κ2) is 4.33. The number of aryl methyl sites for hydroxylation is 2. The van der Waals surface area contributed by atoms with Gasteiger partial charge in [0.05, 0.1) is 15.9 Å². The molecule has 0 radical (unpaired) electrons. The second-order valence-electron chi connectivity index (χ2n) is 5.34. The van der Waals surface area contributed by atoms with Gasteiger partial charge in [0.25, 0.3) is 0 Å². The first-order valence-corrected chi connectivity index (χ1v) is 7.68. The fraction of sp³-hybridized carbons (Fsp3) is 0.118. The predicted molar refractivity (Wildman–Crippen MR) is 87.3 cm³/mol. The van der Waals surface area contributed by atoms with E-state index in [1.54, 1.807) is 11.3 Å². The third-order valence-electron chi connectivity index (χ3n) is 3.98. The number of hydrogen-bond donors (Lipinski definition) is 1. The molecular formula is C17H14N2OS. The Hall–Kier alpha value is -2.33. The summed E-state index contributed by atoms with van der Waals surface area (Å²) in [6.07, 6.45) is 1.81. The van der Waals surface area contributed by atoms with Gasteiger partial charge >= 0.3 is 0 Å². The molecule has 0 saturated carbocycles. The molecule has 0 saturated heterocycles. The molecule has 1 aromatic carbocycles. The van der Waals surface area contributed by atoms with Gasteiger partial charge < -0.3 is 9.55 Å². The zero-order valence-electron chi connectivity index (χ0n) is 11.8. The molecule has 4 heteroatoms. The number of H-pyrrole nitrogens is 1. The Morgan fingerprint density at radius 3 is 2.90 bits per heavy atom. The monoisotopic (exact) mass is 294 g/mol. The molecule has 4 rings (SSSR count). The Morgan fingerprint density at radius 2 is 2.10 bits per heavy atom. The van der Waals surface area contributed by atoms with Crippen LogP contribution in [0, 0.1) is 6.92 Å². The van der Waals surface area contributed by atoms with Crippen molar-refractivity contribution in [2.45, 2.75) is 6.92 Å². The van der Waals surface area contributed by atoms with Crippen LogP contribution in [-0.4, -0.2) is 15.3 Å². The fourth-order valence-electron chi connectivity index (χ4n) is 2.83. The van der Waals surface area contributed by atoms with Crippen molar-refractivity contribution < 1.29 is 4.79 Å². The van der Waals surface area contributed by atoms with Crippen LogP contribution in [0.5, 0.6) is 0 Å². The van der Waals surface area contributed by atoms with E-state index in [4.69, 9.17) is 0 Å². The minimum atomic E-state index is 0.0674. The number of carbonyl (C=O) groups excluding carboxylic acids is 1. The molecule has 0 spiro atoms. The van der Waals surface area contributed by atoms with Crippen LogP contribution in [0.25, 0.3) is 21.1 Å².